The third-order valence-electron chi connectivity index (χ3n) is 13.3. The first-order chi connectivity index (χ1) is 28.8. The lowest BCUT2D eigenvalue weighted by Gasteiger charge is -2.29. The van der Waals surface area contributed by atoms with E-state index in [9.17, 15) is 0 Å². The van der Waals surface area contributed by atoms with Crippen molar-refractivity contribution in [2.45, 2.75) is 38.5 Å². The van der Waals surface area contributed by atoms with Gasteiger partial charge in [0.2, 0.25) is 0 Å². The quantitative estimate of drug-likeness (QED) is 0.163. The van der Waals surface area contributed by atoms with Crippen LogP contribution in [-0.2, 0) is 10.8 Å². The fraction of sp³-hybridized carbons (Fsp3) is 0.103. The molecule has 0 unspecified atom stereocenters. The van der Waals surface area contributed by atoms with Gasteiger partial charge in [-0.3, -0.25) is 0 Å². The van der Waals surface area contributed by atoms with Gasteiger partial charge in [0.05, 0.1) is 5.69 Å². The van der Waals surface area contributed by atoms with Gasteiger partial charge in [-0.25, -0.2) is 0 Å². The number of rotatable bonds is 6. The summed E-state index contributed by atoms with van der Waals surface area (Å²) < 4.78 is 0. The molecular formula is C58H45N. The highest BCUT2D eigenvalue weighted by molar-refractivity contribution is 6.05. The van der Waals surface area contributed by atoms with E-state index >= 15 is 0 Å². The van der Waals surface area contributed by atoms with Gasteiger partial charge in [0.25, 0.3) is 0 Å². The Balaban J connectivity index is 1.05. The Morgan fingerprint density at radius 2 is 0.814 bits per heavy atom. The molecule has 0 fully saturated rings. The predicted molar refractivity (Wildman–Crippen MR) is 250 cm³/mol. The van der Waals surface area contributed by atoms with Gasteiger partial charge in [0, 0.05) is 27.8 Å². The van der Waals surface area contributed by atoms with Crippen LogP contribution in [0.4, 0.5) is 17.1 Å². The SMILES string of the molecule is CC1(C)c2ccccc2-c2c(N(c3ccc(-c4ccc(-c5ccccc5)cc4)cc3)c3ccc(-c4cc5ccccc5c5c4-c4ccccc4C5(C)C)cc3)cccc21. The Kier molecular flexibility index (Phi) is 7.94. The van der Waals surface area contributed by atoms with Gasteiger partial charge in [-0.2, -0.15) is 0 Å². The fourth-order valence-corrected chi connectivity index (χ4v) is 10.3. The molecule has 0 aliphatic heterocycles. The molecule has 0 aromatic heterocycles. The molecule has 0 heterocycles. The predicted octanol–water partition coefficient (Wildman–Crippen LogP) is 15.9. The van der Waals surface area contributed by atoms with E-state index < -0.39 is 0 Å². The van der Waals surface area contributed by atoms with Crippen LogP contribution in [0.3, 0.4) is 0 Å². The molecular weight excluding hydrogens is 711 g/mol. The molecule has 0 bridgehead atoms. The Morgan fingerprint density at radius 1 is 0.339 bits per heavy atom. The molecule has 2 aliphatic rings. The zero-order valence-electron chi connectivity index (χ0n) is 34.0. The lowest BCUT2D eigenvalue weighted by molar-refractivity contribution is 0.660. The second kappa shape index (κ2) is 13.3. The highest BCUT2D eigenvalue weighted by Gasteiger charge is 2.39. The second-order valence-corrected chi connectivity index (χ2v) is 17.3. The van der Waals surface area contributed by atoms with Crippen LogP contribution in [0.5, 0.6) is 0 Å². The molecule has 11 rings (SSSR count). The molecule has 9 aromatic rings. The molecule has 1 nitrogen and oxygen atoms in total. The van der Waals surface area contributed by atoms with Crippen molar-refractivity contribution in [3.63, 3.8) is 0 Å². The molecule has 0 saturated heterocycles. The van der Waals surface area contributed by atoms with Crippen molar-refractivity contribution in [1.29, 1.82) is 0 Å². The van der Waals surface area contributed by atoms with Crippen molar-refractivity contribution in [2.24, 2.45) is 0 Å². The van der Waals surface area contributed by atoms with Gasteiger partial charge in [0.15, 0.2) is 0 Å². The summed E-state index contributed by atoms with van der Waals surface area (Å²) >= 11 is 0. The molecule has 1 heteroatoms. The van der Waals surface area contributed by atoms with Gasteiger partial charge in [-0.15, -0.1) is 0 Å². The fourth-order valence-electron chi connectivity index (χ4n) is 10.3. The summed E-state index contributed by atoms with van der Waals surface area (Å²) in [5.74, 6) is 0. The highest BCUT2D eigenvalue weighted by atomic mass is 15.1. The smallest absolute Gasteiger partial charge is 0.0543 e. The van der Waals surface area contributed by atoms with Crippen molar-refractivity contribution < 1.29 is 0 Å². The van der Waals surface area contributed by atoms with Crippen molar-refractivity contribution in [3.8, 4) is 55.6 Å². The average Bonchev–Trinajstić information content (AvgIpc) is 3.68. The van der Waals surface area contributed by atoms with Gasteiger partial charge >= 0.3 is 0 Å². The first-order valence-corrected chi connectivity index (χ1v) is 20.8. The standard InChI is InChI=1S/C58H45N/c1-57(2)50-21-12-11-20-48(50)55-52(57)23-14-24-53(55)59(44-33-29-41(30-34-44)40-27-25-39(26-28-40)38-15-6-5-7-16-38)45-35-31-42(32-36-45)49-37-43-17-8-9-18-46(43)56-54(49)47-19-10-13-22-51(47)58(56,3)4/h5-37H,1-4H3. The Labute approximate surface area is 347 Å². The van der Waals surface area contributed by atoms with Crippen LogP contribution in [-0.4, -0.2) is 0 Å². The average molecular weight is 756 g/mol. The lowest BCUT2D eigenvalue weighted by Crippen LogP contribution is -2.16. The van der Waals surface area contributed by atoms with E-state index in [4.69, 9.17) is 0 Å². The number of hydrogen-bond acceptors (Lipinski definition) is 1. The minimum absolute atomic E-state index is 0.103. The molecule has 282 valence electrons. The maximum absolute atomic E-state index is 2.46. The van der Waals surface area contributed by atoms with Gasteiger partial charge in [-0.1, -0.05) is 191 Å². The van der Waals surface area contributed by atoms with Crippen LogP contribution in [0.2, 0.25) is 0 Å². The van der Waals surface area contributed by atoms with Gasteiger partial charge in [0.1, 0.15) is 0 Å². The summed E-state index contributed by atoms with van der Waals surface area (Å²) in [6, 6.07) is 74.1. The van der Waals surface area contributed by atoms with Gasteiger partial charge in [-0.05, 0) is 119 Å². The highest BCUT2D eigenvalue weighted by Crippen LogP contribution is 2.56. The lowest BCUT2D eigenvalue weighted by atomic mass is 9.79. The largest absolute Gasteiger partial charge is 0.310 e. The van der Waals surface area contributed by atoms with Crippen LogP contribution < -0.4 is 4.90 Å². The van der Waals surface area contributed by atoms with E-state index in [2.05, 4.69) is 233 Å². The number of fused-ring (bicyclic) bond motifs is 8. The zero-order valence-corrected chi connectivity index (χ0v) is 34.0. The third-order valence-corrected chi connectivity index (χ3v) is 13.3. The van der Waals surface area contributed by atoms with Crippen molar-refractivity contribution >= 4 is 27.8 Å². The Morgan fingerprint density at radius 3 is 1.46 bits per heavy atom. The number of benzene rings is 9. The number of nitrogens with zero attached hydrogens (tertiary/aromatic N) is 1. The van der Waals surface area contributed by atoms with E-state index in [1.54, 1.807) is 0 Å². The summed E-state index contributed by atoms with van der Waals surface area (Å²) in [4.78, 5) is 2.46. The molecule has 2 aliphatic carbocycles. The van der Waals surface area contributed by atoms with Crippen LogP contribution in [0.25, 0.3) is 66.4 Å². The zero-order chi connectivity index (χ0) is 39.9. The van der Waals surface area contributed by atoms with Crippen LogP contribution in [0.1, 0.15) is 49.9 Å². The Bertz CT molecular complexity index is 3060. The Hall–Kier alpha value is -6.96. The van der Waals surface area contributed by atoms with Gasteiger partial charge < -0.3 is 4.90 Å². The summed E-state index contributed by atoms with van der Waals surface area (Å²) in [7, 11) is 0. The summed E-state index contributed by atoms with van der Waals surface area (Å²) in [6.45, 7) is 9.50. The van der Waals surface area contributed by atoms with E-state index in [0.717, 1.165) is 11.4 Å². The van der Waals surface area contributed by atoms with E-state index in [0.29, 0.717) is 0 Å². The van der Waals surface area contributed by atoms with Crippen molar-refractivity contribution in [2.75, 3.05) is 4.90 Å². The molecule has 0 radical (unpaired) electrons. The van der Waals surface area contributed by atoms with E-state index in [1.807, 2.05) is 0 Å². The maximum Gasteiger partial charge on any atom is 0.0543 e. The molecule has 0 amide bonds. The van der Waals surface area contributed by atoms with E-state index in [-0.39, 0.29) is 10.8 Å². The summed E-state index contributed by atoms with van der Waals surface area (Å²) in [6.07, 6.45) is 0. The second-order valence-electron chi connectivity index (χ2n) is 17.3. The minimum atomic E-state index is -0.105. The van der Waals surface area contributed by atoms with Crippen LogP contribution >= 0.6 is 0 Å². The molecule has 0 saturated carbocycles. The summed E-state index contributed by atoms with van der Waals surface area (Å²) in [5, 5.41) is 2.62. The normalized spacial score (nSPS) is 14.0. The maximum atomic E-state index is 2.46. The monoisotopic (exact) mass is 755 g/mol. The third kappa shape index (κ3) is 5.45. The van der Waals surface area contributed by atoms with Crippen molar-refractivity contribution in [3.05, 3.63) is 222 Å². The minimum Gasteiger partial charge on any atom is -0.310 e. The first kappa shape index (κ1) is 35.2. The topological polar surface area (TPSA) is 3.24 Å². The molecule has 0 N–H and O–H groups in total. The molecule has 0 atom stereocenters. The van der Waals surface area contributed by atoms with Crippen molar-refractivity contribution in [1.82, 2.24) is 0 Å². The number of hydrogen-bond donors (Lipinski definition) is 0. The molecule has 0 spiro atoms. The first-order valence-electron chi connectivity index (χ1n) is 20.8. The van der Waals surface area contributed by atoms with E-state index in [1.165, 1.54) is 94.3 Å². The number of anilines is 3. The van der Waals surface area contributed by atoms with Crippen LogP contribution in [0.15, 0.2) is 200 Å². The molecule has 59 heavy (non-hydrogen) atoms. The van der Waals surface area contributed by atoms with Crippen LogP contribution in [0, 0.1) is 0 Å². The molecule has 9 aromatic carbocycles. The summed E-state index contributed by atoms with van der Waals surface area (Å²) in [5.41, 5.74) is 21.5.